The van der Waals surface area contributed by atoms with Crippen LogP contribution in [0, 0.1) is 0 Å². The average Bonchev–Trinajstić information content (AvgIpc) is 3.53. The molecule has 19 nitrogen and oxygen atoms in total. The quantitative estimate of drug-likeness (QED) is 0.0480. The van der Waals surface area contributed by atoms with E-state index in [0.717, 1.165) is 16.5 Å². The second-order valence-corrected chi connectivity index (χ2v) is 20.9. The molecule has 1 aromatic rings. The molecule has 2 heterocycles. The van der Waals surface area contributed by atoms with Crippen LogP contribution in [0.15, 0.2) is 69.6 Å². The predicted octanol–water partition coefficient (Wildman–Crippen LogP) is 4.62. The Bertz CT molecular complexity index is 2420. The molecule has 0 spiro atoms. The second-order valence-electron chi connectivity index (χ2n) is 18.0. The van der Waals surface area contributed by atoms with Crippen molar-refractivity contribution in [3.05, 3.63) is 82.6 Å². The number of ether oxygens (including phenoxy) is 8. The lowest BCUT2D eigenvalue weighted by Crippen LogP contribution is -2.36. The maximum atomic E-state index is 12.2. The third kappa shape index (κ3) is 20.0. The zero-order chi connectivity index (χ0) is 51.9. The average molecular weight is 1040 g/mol. The molecule has 0 saturated carbocycles. The lowest BCUT2D eigenvalue weighted by Gasteiger charge is -2.30. The molecule has 0 amide bonds. The molecular formula is C50H73N2O17S2-. The molecule has 1 aliphatic carbocycles. The third-order valence-electron chi connectivity index (χ3n) is 11.6. The minimum absolute atomic E-state index is 0.0446. The zero-order valence-electron chi connectivity index (χ0n) is 42.0. The fourth-order valence-corrected chi connectivity index (χ4v) is 8.90. The Morgan fingerprint density at radius 1 is 0.761 bits per heavy atom. The summed E-state index contributed by atoms with van der Waals surface area (Å²) in [6, 6.07) is 11.9. The van der Waals surface area contributed by atoms with Gasteiger partial charge in [0.15, 0.2) is 13.1 Å². The first-order valence-electron chi connectivity index (χ1n) is 23.8. The number of carboxylic acid groups (broad SMARTS) is 1. The number of anilines is 1. The summed E-state index contributed by atoms with van der Waals surface area (Å²) in [4.78, 5) is 13.0. The number of hydrogen-bond acceptors (Lipinski definition) is 17. The van der Waals surface area contributed by atoms with E-state index < -0.39 is 47.7 Å². The van der Waals surface area contributed by atoms with E-state index in [0.29, 0.717) is 134 Å². The van der Waals surface area contributed by atoms with E-state index in [9.17, 15) is 35.8 Å². The Hall–Kier alpha value is -4.10. The molecule has 0 saturated heterocycles. The number of rotatable bonds is 35. The van der Waals surface area contributed by atoms with Gasteiger partial charge < -0.3 is 61.4 Å². The summed E-state index contributed by atoms with van der Waals surface area (Å²) in [6.45, 7) is 15.5. The standard InChI is InChI=1S/C50H74N2O17S2/c1-49(2,3)47-36-39(10-7-11-46-50(4,17-8-12-48(53)54)43-38-41(71(58,59)60)14-16-44(43)52(46)18-9-35-70(55,56)57)42-15-13-40(37-45(42)69-47)51(19-21-63-27-29-67-33-31-65-25-23-61-5)20-22-64-28-30-68-34-32-66-26-24-62-6/h7,10-11,13-16,36-38H,8-9,12,17-35H2,1-6H3,(H2-,53,54,55,56,57,58,59,60)/p-1. The summed E-state index contributed by atoms with van der Waals surface area (Å²) in [5.41, 5.74) is 1.80. The normalized spacial score (nSPS) is 15.9. The van der Waals surface area contributed by atoms with Gasteiger partial charge in [-0.05, 0) is 73.7 Å². The Morgan fingerprint density at radius 2 is 1.31 bits per heavy atom. The van der Waals surface area contributed by atoms with Crippen LogP contribution < -0.4 is 14.8 Å². The summed E-state index contributed by atoms with van der Waals surface area (Å²) in [7, 11) is -6.18. The number of allylic oxidation sites excluding steroid dienone is 3. The molecule has 71 heavy (non-hydrogen) atoms. The number of methoxy groups -OCH3 is 2. The second kappa shape index (κ2) is 29.6. The highest BCUT2D eigenvalue weighted by Gasteiger charge is 2.43. The van der Waals surface area contributed by atoms with Crippen LogP contribution >= 0.6 is 0 Å². The van der Waals surface area contributed by atoms with Crippen LogP contribution in [0.1, 0.15) is 70.3 Å². The minimum atomic E-state index is -4.87. The van der Waals surface area contributed by atoms with Crippen molar-refractivity contribution >= 4 is 38.0 Å². The maximum Gasteiger partial charge on any atom is 0.303 e. The van der Waals surface area contributed by atoms with Gasteiger partial charge in [-0.1, -0.05) is 32.9 Å². The van der Waals surface area contributed by atoms with Crippen molar-refractivity contribution in [1.29, 1.82) is 0 Å². The summed E-state index contributed by atoms with van der Waals surface area (Å²) in [6.07, 6.45) is 5.81. The fraction of sp³-hybridized carbons (Fsp3) is 0.600. The van der Waals surface area contributed by atoms with E-state index in [-0.39, 0.29) is 32.2 Å². The molecule has 3 aliphatic rings. The topological polar surface area (TPSA) is 245 Å². The number of carbonyl (C=O) groups is 1. The van der Waals surface area contributed by atoms with E-state index in [4.69, 9.17) is 42.3 Å². The molecule has 0 aromatic heterocycles. The van der Waals surface area contributed by atoms with E-state index in [2.05, 4.69) is 4.58 Å². The maximum absolute atomic E-state index is 12.2. The van der Waals surface area contributed by atoms with Crippen LogP contribution in [0.25, 0.3) is 17.4 Å². The van der Waals surface area contributed by atoms with Crippen molar-refractivity contribution in [3.63, 3.8) is 0 Å². The van der Waals surface area contributed by atoms with Crippen molar-refractivity contribution in [2.24, 2.45) is 0 Å². The lowest BCUT2D eigenvalue weighted by molar-refractivity contribution is -0.137. The molecule has 4 rings (SSSR count). The van der Waals surface area contributed by atoms with Gasteiger partial charge in [-0.15, -0.1) is 0 Å². The molecule has 0 radical (unpaired) electrons. The van der Waals surface area contributed by atoms with E-state index in [1.807, 2.05) is 75.1 Å². The van der Waals surface area contributed by atoms with Crippen LogP contribution in [0.4, 0.5) is 5.69 Å². The molecule has 0 bridgehead atoms. The van der Waals surface area contributed by atoms with Crippen molar-refractivity contribution in [1.82, 2.24) is 4.58 Å². The lowest BCUT2D eigenvalue weighted by atomic mass is 9.77. The smallest absolute Gasteiger partial charge is 0.303 e. The van der Waals surface area contributed by atoms with Crippen LogP contribution in [-0.4, -0.2) is 169 Å². The summed E-state index contributed by atoms with van der Waals surface area (Å²) < 4.78 is 125. The molecule has 1 aromatic carbocycles. The number of fused-ring (bicyclic) bond motifs is 2. The summed E-state index contributed by atoms with van der Waals surface area (Å²) in [5, 5.41) is 10.4. The largest absolute Gasteiger partial charge is 0.748 e. The Labute approximate surface area is 419 Å². The molecule has 0 fully saturated rings. The third-order valence-corrected chi connectivity index (χ3v) is 13.2. The van der Waals surface area contributed by atoms with Crippen molar-refractivity contribution in [3.8, 4) is 11.3 Å². The predicted molar refractivity (Wildman–Crippen MR) is 265 cm³/mol. The molecule has 21 heteroatoms. The Morgan fingerprint density at radius 3 is 1.82 bits per heavy atom. The molecule has 1 unspecified atom stereocenters. The van der Waals surface area contributed by atoms with Gasteiger partial charge in [0.05, 0.1) is 100 Å². The van der Waals surface area contributed by atoms with Crippen LogP contribution in [0.2, 0.25) is 0 Å². The van der Waals surface area contributed by atoms with Crippen LogP contribution in [0.3, 0.4) is 0 Å². The van der Waals surface area contributed by atoms with Gasteiger partial charge in [0.25, 0.3) is 0 Å². The first kappa shape index (κ1) is 59.5. The number of nitrogens with zero attached hydrogens (tertiary/aromatic N) is 2. The van der Waals surface area contributed by atoms with Gasteiger partial charge in [0.1, 0.15) is 34.9 Å². The van der Waals surface area contributed by atoms with Crippen molar-refractivity contribution < 1.29 is 78.2 Å². The van der Waals surface area contributed by atoms with E-state index in [1.54, 1.807) is 14.2 Å². The van der Waals surface area contributed by atoms with E-state index >= 15 is 0 Å². The van der Waals surface area contributed by atoms with Gasteiger partial charge in [-0.3, -0.25) is 4.79 Å². The first-order chi connectivity index (χ1) is 33.8. The molecule has 1 N–H and O–H groups in total. The van der Waals surface area contributed by atoms with E-state index in [1.165, 1.54) is 18.2 Å². The monoisotopic (exact) mass is 1040 g/mol. The van der Waals surface area contributed by atoms with Gasteiger partial charge >= 0.3 is 5.97 Å². The summed E-state index contributed by atoms with van der Waals surface area (Å²) in [5.74, 6) is -0.318. The van der Waals surface area contributed by atoms with Gasteiger partial charge in [0.2, 0.25) is 5.36 Å². The SMILES string of the molecule is COCCOCCOCCOCC[N+](CCOCCOCCOCCOC)=c1ccc2c(/C=C/C=C3\N(CCCS(=O)(=O)[O-])c4ccc(S(=O)(=O)[O-])cc4C3(C)CCCC(=O)O)cc(C(C)(C)C)oc-2c1. The highest BCUT2D eigenvalue weighted by Crippen LogP contribution is 2.51. The highest BCUT2D eigenvalue weighted by atomic mass is 32.2. The minimum Gasteiger partial charge on any atom is -0.748 e. The number of carboxylic acids is 1. The number of benzene rings is 2. The van der Waals surface area contributed by atoms with Gasteiger partial charge in [-0.2, -0.15) is 0 Å². The van der Waals surface area contributed by atoms with Gasteiger partial charge in [-0.25, -0.2) is 21.4 Å². The first-order valence-corrected chi connectivity index (χ1v) is 26.8. The number of hydrogen-bond donors (Lipinski definition) is 1. The van der Waals surface area contributed by atoms with Gasteiger partial charge in [0, 0.05) is 66.8 Å². The number of aliphatic carboxylic acids is 1. The van der Waals surface area contributed by atoms with Crippen molar-refractivity contribution in [2.45, 2.75) is 69.1 Å². The van der Waals surface area contributed by atoms with Crippen LogP contribution in [0.5, 0.6) is 0 Å². The molecule has 398 valence electrons. The Kier molecular flexibility index (Phi) is 24.8. The molecule has 2 aliphatic heterocycles. The zero-order valence-corrected chi connectivity index (χ0v) is 43.7. The Balaban J connectivity index is 1.69. The fourth-order valence-electron chi connectivity index (χ4n) is 7.92. The van der Waals surface area contributed by atoms with Crippen LogP contribution in [-0.2, 0) is 73.8 Å². The summed E-state index contributed by atoms with van der Waals surface area (Å²) >= 11 is 0. The van der Waals surface area contributed by atoms with Crippen molar-refractivity contribution in [2.75, 3.05) is 137 Å². The molecule has 1 atom stereocenters. The highest BCUT2D eigenvalue weighted by molar-refractivity contribution is 7.86. The molecular weight excluding hydrogens is 965 g/mol.